The third-order valence-electron chi connectivity index (χ3n) is 3.20. The summed E-state index contributed by atoms with van der Waals surface area (Å²) >= 11 is 0. The number of hydrogen-bond donors (Lipinski definition) is 1. The summed E-state index contributed by atoms with van der Waals surface area (Å²) in [5, 5.41) is 3.78. The molecule has 4 heteroatoms. The predicted molar refractivity (Wildman–Crippen MR) is 82.7 cm³/mol. The van der Waals surface area contributed by atoms with Crippen molar-refractivity contribution in [2.45, 2.75) is 0 Å². The fourth-order valence-corrected chi connectivity index (χ4v) is 2.07. The van der Waals surface area contributed by atoms with Crippen LogP contribution in [0.4, 0.5) is 5.69 Å². The molecule has 1 amide bonds. The average molecular weight is 278 g/mol. The monoisotopic (exact) mass is 278 g/mol. The second kappa shape index (κ2) is 5.63. The molecule has 1 N–H and O–H groups in total. The molecule has 1 aromatic heterocycles. The molecule has 0 aliphatic rings. The Morgan fingerprint density at radius 2 is 1.86 bits per heavy atom. The SMILES string of the molecule is COc1ccc(NC(=O)c2cnc3ccccc3c2)cc1. The number of nitrogens with zero attached hydrogens (tertiary/aromatic N) is 1. The standard InChI is InChI=1S/C17H14N2O2/c1-21-15-8-6-14(7-9-15)19-17(20)13-10-12-4-2-3-5-16(12)18-11-13/h2-11H,1H3,(H,19,20). The van der Waals surface area contributed by atoms with Gasteiger partial charge in [0.2, 0.25) is 0 Å². The summed E-state index contributed by atoms with van der Waals surface area (Å²) in [7, 11) is 1.61. The van der Waals surface area contributed by atoms with Gasteiger partial charge in [-0.2, -0.15) is 0 Å². The van der Waals surface area contributed by atoms with E-state index in [1.54, 1.807) is 37.6 Å². The van der Waals surface area contributed by atoms with Crippen LogP contribution in [-0.4, -0.2) is 18.0 Å². The summed E-state index contributed by atoms with van der Waals surface area (Å²) in [4.78, 5) is 16.5. The van der Waals surface area contributed by atoms with Crippen molar-refractivity contribution in [2.75, 3.05) is 12.4 Å². The quantitative estimate of drug-likeness (QED) is 0.797. The number of anilines is 1. The number of hydrogen-bond acceptors (Lipinski definition) is 3. The number of carbonyl (C=O) groups excluding carboxylic acids is 1. The zero-order valence-corrected chi connectivity index (χ0v) is 11.5. The molecule has 3 rings (SSSR count). The van der Waals surface area contributed by atoms with Gasteiger partial charge in [-0.1, -0.05) is 18.2 Å². The predicted octanol–water partition coefficient (Wildman–Crippen LogP) is 3.50. The maximum Gasteiger partial charge on any atom is 0.257 e. The molecule has 0 saturated carbocycles. The number of ether oxygens (including phenoxy) is 1. The summed E-state index contributed by atoms with van der Waals surface area (Å²) in [6, 6.07) is 16.7. The number of carbonyl (C=O) groups is 1. The molecular weight excluding hydrogens is 264 g/mol. The van der Waals surface area contributed by atoms with Gasteiger partial charge in [-0.05, 0) is 36.4 Å². The molecule has 2 aromatic carbocycles. The first-order valence-corrected chi connectivity index (χ1v) is 6.56. The molecule has 3 aromatic rings. The van der Waals surface area contributed by atoms with Crippen molar-refractivity contribution in [3.05, 3.63) is 66.4 Å². The van der Waals surface area contributed by atoms with Crippen molar-refractivity contribution in [3.8, 4) is 5.75 Å². The van der Waals surface area contributed by atoms with Crippen molar-refractivity contribution in [1.82, 2.24) is 4.98 Å². The van der Waals surface area contributed by atoms with Crippen LogP contribution in [0.5, 0.6) is 5.75 Å². The van der Waals surface area contributed by atoms with Crippen molar-refractivity contribution < 1.29 is 9.53 Å². The highest BCUT2D eigenvalue weighted by Gasteiger charge is 2.07. The number of benzene rings is 2. The molecule has 0 fully saturated rings. The van der Waals surface area contributed by atoms with Gasteiger partial charge in [0.15, 0.2) is 0 Å². The highest BCUT2D eigenvalue weighted by molar-refractivity contribution is 6.05. The minimum Gasteiger partial charge on any atom is -0.497 e. The van der Waals surface area contributed by atoms with Crippen LogP contribution in [-0.2, 0) is 0 Å². The lowest BCUT2D eigenvalue weighted by Gasteiger charge is -2.07. The highest BCUT2D eigenvalue weighted by atomic mass is 16.5. The molecule has 0 aliphatic carbocycles. The summed E-state index contributed by atoms with van der Waals surface area (Å²) in [6.45, 7) is 0. The van der Waals surface area contributed by atoms with Gasteiger partial charge in [0.05, 0.1) is 18.2 Å². The van der Waals surface area contributed by atoms with E-state index in [1.165, 1.54) is 0 Å². The van der Waals surface area contributed by atoms with E-state index in [1.807, 2.05) is 30.3 Å². The van der Waals surface area contributed by atoms with Crippen LogP contribution in [0.25, 0.3) is 10.9 Å². The van der Waals surface area contributed by atoms with Crippen LogP contribution in [0.15, 0.2) is 60.8 Å². The van der Waals surface area contributed by atoms with Gasteiger partial charge < -0.3 is 10.1 Å². The van der Waals surface area contributed by atoms with E-state index in [0.717, 1.165) is 16.7 Å². The van der Waals surface area contributed by atoms with Crippen LogP contribution in [0.3, 0.4) is 0 Å². The van der Waals surface area contributed by atoms with E-state index in [4.69, 9.17) is 4.74 Å². The Balaban J connectivity index is 1.82. The Kier molecular flexibility index (Phi) is 3.51. The molecular formula is C17H14N2O2. The van der Waals surface area contributed by atoms with Gasteiger partial charge in [-0.15, -0.1) is 0 Å². The summed E-state index contributed by atoms with van der Waals surface area (Å²) < 4.78 is 5.08. The maximum absolute atomic E-state index is 12.2. The lowest BCUT2D eigenvalue weighted by molar-refractivity contribution is 0.102. The Labute approximate surface area is 122 Å². The molecule has 0 saturated heterocycles. The zero-order chi connectivity index (χ0) is 14.7. The van der Waals surface area contributed by atoms with Gasteiger partial charge in [0, 0.05) is 17.3 Å². The van der Waals surface area contributed by atoms with Crippen molar-refractivity contribution >= 4 is 22.5 Å². The first-order chi connectivity index (χ1) is 10.3. The topological polar surface area (TPSA) is 51.2 Å². The highest BCUT2D eigenvalue weighted by Crippen LogP contribution is 2.17. The molecule has 104 valence electrons. The van der Waals surface area contributed by atoms with E-state index < -0.39 is 0 Å². The van der Waals surface area contributed by atoms with E-state index in [-0.39, 0.29) is 5.91 Å². The van der Waals surface area contributed by atoms with Gasteiger partial charge in [0.1, 0.15) is 5.75 Å². The van der Waals surface area contributed by atoms with E-state index >= 15 is 0 Å². The normalized spacial score (nSPS) is 10.3. The molecule has 0 unspecified atom stereocenters. The van der Waals surface area contributed by atoms with E-state index in [0.29, 0.717) is 11.3 Å². The van der Waals surface area contributed by atoms with Crippen LogP contribution < -0.4 is 10.1 Å². The minimum atomic E-state index is -0.182. The van der Waals surface area contributed by atoms with Gasteiger partial charge in [-0.3, -0.25) is 9.78 Å². The largest absolute Gasteiger partial charge is 0.497 e. The van der Waals surface area contributed by atoms with Crippen molar-refractivity contribution in [2.24, 2.45) is 0 Å². The number of fused-ring (bicyclic) bond motifs is 1. The lowest BCUT2D eigenvalue weighted by atomic mass is 10.1. The van der Waals surface area contributed by atoms with Crippen LogP contribution in [0.1, 0.15) is 10.4 Å². The van der Waals surface area contributed by atoms with Gasteiger partial charge in [0.25, 0.3) is 5.91 Å². The second-order valence-electron chi connectivity index (χ2n) is 4.60. The Morgan fingerprint density at radius 3 is 2.62 bits per heavy atom. The van der Waals surface area contributed by atoms with Crippen LogP contribution in [0.2, 0.25) is 0 Å². The summed E-state index contributed by atoms with van der Waals surface area (Å²) in [5.74, 6) is 0.568. The first kappa shape index (κ1) is 13.1. The molecule has 21 heavy (non-hydrogen) atoms. The third-order valence-corrected chi connectivity index (χ3v) is 3.20. The summed E-state index contributed by atoms with van der Waals surface area (Å²) in [5.41, 5.74) is 2.12. The molecule has 0 bridgehead atoms. The summed E-state index contributed by atoms with van der Waals surface area (Å²) in [6.07, 6.45) is 1.58. The third kappa shape index (κ3) is 2.84. The van der Waals surface area contributed by atoms with Crippen LogP contribution >= 0.6 is 0 Å². The Morgan fingerprint density at radius 1 is 1.10 bits per heavy atom. The number of amides is 1. The maximum atomic E-state index is 12.2. The molecule has 0 radical (unpaired) electrons. The number of para-hydroxylation sites is 1. The minimum absolute atomic E-state index is 0.182. The van der Waals surface area contributed by atoms with E-state index in [2.05, 4.69) is 10.3 Å². The van der Waals surface area contributed by atoms with Crippen molar-refractivity contribution in [3.63, 3.8) is 0 Å². The van der Waals surface area contributed by atoms with E-state index in [9.17, 15) is 4.79 Å². The smallest absolute Gasteiger partial charge is 0.257 e. The molecule has 0 aliphatic heterocycles. The van der Waals surface area contributed by atoms with Crippen molar-refractivity contribution in [1.29, 1.82) is 0 Å². The molecule has 0 atom stereocenters. The zero-order valence-electron chi connectivity index (χ0n) is 11.5. The number of rotatable bonds is 3. The fraction of sp³-hybridized carbons (Fsp3) is 0.0588. The Hall–Kier alpha value is -2.88. The van der Waals surface area contributed by atoms with Gasteiger partial charge >= 0.3 is 0 Å². The molecule has 0 spiro atoms. The van der Waals surface area contributed by atoms with Gasteiger partial charge in [-0.25, -0.2) is 0 Å². The number of methoxy groups -OCH3 is 1. The van der Waals surface area contributed by atoms with Crippen LogP contribution in [0, 0.1) is 0 Å². The number of nitrogens with one attached hydrogen (secondary N) is 1. The molecule has 1 heterocycles. The lowest BCUT2D eigenvalue weighted by Crippen LogP contribution is -2.12. The number of aromatic nitrogens is 1. The average Bonchev–Trinajstić information content (AvgIpc) is 2.55. The molecule has 4 nitrogen and oxygen atoms in total. The first-order valence-electron chi connectivity index (χ1n) is 6.56. The Bertz CT molecular complexity index is 782. The second-order valence-corrected chi connectivity index (χ2v) is 4.60. The fourth-order valence-electron chi connectivity index (χ4n) is 2.07. The number of pyridine rings is 1.